The molecule has 0 unspecified atom stereocenters. The van der Waals surface area contributed by atoms with Crippen molar-refractivity contribution in [2.24, 2.45) is 0 Å². The molecule has 0 amide bonds. The second-order valence-electron chi connectivity index (χ2n) is 8.25. The lowest BCUT2D eigenvalue weighted by Crippen LogP contribution is -2.48. The lowest BCUT2D eigenvalue weighted by atomic mass is 10.0. The zero-order chi connectivity index (χ0) is 19.3. The monoisotopic (exact) mass is 372 g/mol. The van der Waals surface area contributed by atoms with E-state index in [0.717, 1.165) is 19.3 Å². The quantitative estimate of drug-likeness (QED) is 0.466. The van der Waals surface area contributed by atoms with Crippen molar-refractivity contribution in [1.82, 2.24) is 0 Å². The van der Waals surface area contributed by atoms with E-state index >= 15 is 0 Å². The molecule has 146 valence electrons. The first kappa shape index (κ1) is 22.3. The predicted molar refractivity (Wildman–Crippen MR) is 102 cm³/mol. The largest absolute Gasteiger partial charge is 0.429 e. The van der Waals surface area contributed by atoms with E-state index in [9.17, 15) is 4.79 Å². The fourth-order valence-corrected chi connectivity index (χ4v) is 3.53. The lowest BCUT2D eigenvalue weighted by molar-refractivity contribution is -0.147. The van der Waals surface area contributed by atoms with E-state index in [2.05, 4.69) is 40.8 Å². The summed E-state index contributed by atoms with van der Waals surface area (Å²) in [6.45, 7) is 15.1. The molecule has 3 atom stereocenters. The maximum absolute atomic E-state index is 11.5. The van der Waals surface area contributed by atoms with Crippen LogP contribution in [0.3, 0.4) is 0 Å². The Morgan fingerprint density at radius 2 is 1.96 bits per heavy atom. The highest BCUT2D eigenvalue weighted by molar-refractivity contribution is 6.74. The molecular weight excluding hydrogens is 336 g/mol. The number of rotatable bonds is 8. The van der Waals surface area contributed by atoms with Gasteiger partial charge < -0.3 is 18.6 Å². The second-order valence-corrected chi connectivity index (χ2v) is 13.1. The summed E-state index contributed by atoms with van der Waals surface area (Å²) >= 11 is 0. The van der Waals surface area contributed by atoms with Crippen LogP contribution in [0, 0.1) is 0 Å². The number of hydrogen-bond acceptors (Lipinski definition) is 5. The van der Waals surface area contributed by atoms with Gasteiger partial charge in [-0.1, -0.05) is 40.5 Å². The number of carbonyl (C=O) groups is 1. The molecule has 1 aliphatic rings. The van der Waals surface area contributed by atoms with Gasteiger partial charge in [-0.05, 0) is 30.6 Å². The van der Waals surface area contributed by atoms with Crippen molar-refractivity contribution in [3.05, 3.63) is 11.8 Å². The SMILES string of the molecule is CCCC[C@@H]1C=C(OC(C)=O)[C@H](OC)[C@@H](CO[Si](C)(C)C(C)(C)C)O1. The summed E-state index contributed by atoms with van der Waals surface area (Å²) in [4.78, 5) is 11.5. The zero-order valence-electron chi connectivity index (χ0n) is 17.2. The molecule has 0 saturated heterocycles. The molecule has 0 N–H and O–H groups in total. The van der Waals surface area contributed by atoms with Crippen LogP contribution in [-0.2, 0) is 23.4 Å². The number of methoxy groups -OCH3 is 1. The molecule has 0 saturated carbocycles. The number of unbranched alkanes of at least 4 members (excludes halogenated alkanes) is 1. The molecule has 0 bridgehead atoms. The van der Waals surface area contributed by atoms with Crippen LogP contribution >= 0.6 is 0 Å². The average molecular weight is 373 g/mol. The van der Waals surface area contributed by atoms with E-state index in [1.54, 1.807) is 7.11 Å². The molecule has 1 aliphatic heterocycles. The van der Waals surface area contributed by atoms with E-state index in [1.807, 2.05) is 6.08 Å². The molecule has 5 nitrogen and oxygen atoms in total. The van der Waals surface area contributed by atoms with Crippen molar-refractivity contribution in [2.75, 3.05) is 13.7 Å². The van der Waals surface area contributed by atoms with Gasteiger partial charge in [-0.25, -0.2) is 0 Å². The van der Waals surface area contributed by atoms with Crippen molar-refractivity contribution in [3.8, 4) is 0 Å². The van der Waals surface area contributed by atoms with E-state index in [0.29, 0.717) is 12.4 Å². The molecule has 0 spiro atoms. The number of hydrogen-bond donors (Lipinski definition) is 0. The van der Waals surface area contributed by atoms with Crippen molar-refractivity contribution < 1.29 is 23.4 Å². The summed E-state index contributed by atoms with van der Waals surface area (Å²) in [5.41, 5.74) is 0. The first-order chi connectivity index (χ1) is 11.5. The second kappa shape index (κ2) is 9.30. The van der Waals surface area contributed by atoms with E-state index < -0.39 is 14.4 Å². The molecule has 0 radical (unpaired) electrons. The Kier molecular flexibility index (Phi) is 8.32. The lowest BCUT2D eigenvalue weighted by Gasteiger charge is -2.40. The minimum Gasteiger partial charge on any atom is -0.429 e. The molecule has 6 heteroatoms. The molecule has 0 aliphatic carbocycles. The molecule has 0 aromatic carbocycles. The van der Waals surface area contributed by atoms with E-state index in [1.165, 1.54) is 6.92 Å². The maximum Gasteiger partial charge on any atom is 0.307 e. The van der Waals surface area contributed by atoms with Gasteiger partial charge in [0.15, 0.2) is 8.32 Å². The summed E-state index contributed by atoms with van der Waals surface area (Å²) in [5.74, 6) is 0.208. The number of esters is 1. The number of ether oxygens (including phenoxy) is 3. The first-order valence-corrected chi connectivity index (χ1v) is 12.1. The molecule has 1 rings (SSSR count). The van der Waals surface area contributed by atoms with Gasteiger partial charge in [-0.3, -0.25) is 4.79 Å². The van der Waals surface area contributed by atoms with Gasteiger partial charge in [-0.15, -0.1) is 0 Å². The molecular formula is C19H36O5Si. The summed E-state index contributed by atoms with van der Waals surface area (Å²) in [6.07, 6.45) is 4.15. The minimum absolute atomic E-state index is 0.0753. The van der Waals surface area contributed by atoms with Crippen LogP contribution < -0.4 is 0 Å². The third kappa shape index (κ3) is 6.51. The highest BCUT2D eigenvalue weighted by atomic mass is 28.4. The summed E-state index contributed by atoms with van der Waals surface area (Å²) in [6, 6.07) is 0. The normalized spacial score (nSPS) is 24.8. The Labute approximate surface area is 154 Å². The van der Waals surface area contributed by atoms with E-state index in [-0.39, 0.29) is 23.2 Å². The summed E-state index contributed by atoms with van der Waals surface area (Å²) in [5, 5.41) is 0.125. The summed E-state index contributed by atoms with van der Waals surface area (Å²) < 4.78 is 23.5. The van der Waals surface area contributed by atoms with Gasteiger partial charge in [0.1, 0.15) is 18.0 Å². The van der Waals surface area contributed by atoms with Crippen molar-refractivity contribution in [1.29, 1.82) is 0 Å². The van der Waals surface area contributed by atoms with Gasteiger partial charge in [0, 0.05) is 14.0 Å². The molecule has 0 fully saturated rings. The highest BCUT2D eigenvalue weighted by Crippen LogP contribution is 2.37. The van der Waals surface area contributed by atoms with Crippen LogP contribution in [0.5, 0.6) is 0 Å². The van der Waals surface area contributed by atoms with Crippen LogP contribution in [0.1, 0.15) is 53.9 Å². The van der Waals surface area contributed by atoms with Gasteiger partial charge in [0.05, 0.1) is 12.7 Å². The fraction of sp³-hybridized carbons (Fsp3) is 0.842. The maximum atomic E-state index is 11.5. The molecule has 25 heavy (non-hydrogen) atoms. The number of carbonyl (C=O) groups excluding carboxylic acids is 1. The minimum atomic E-state index is -1.90. The Balaban J connectivity index is 2.92. The van der Waals surface area contributed by atoms with Crippen molar-refractivity contribution in [2.45, 2.75) is 90.3 Å². The average Bonchev–Trinajstić information content (AvgIpc) is 2.49. The standard InChI is InChI=1S/C19H36O5Si/c1-9-10-11-15-12-16(23-14(2)20)18(21-6)17(24-15)13-22-25(7,8)19(3,4)5/h12,15,17-18H,9-11,13H2,1-8H3/t15-,17-,18+/m1/s1. The summed E-state index contributed by atoms with van der Waals surface area (Å²) in [7, 11) is -0.287. The molecule has 0 aromatic rings. The fourth-order valence-electron chi connectivity index (χ4n) is 2.51. The smallest absolute Gasteiger partial charge is 0.307 e. The Hall–Kier alpha value is -0.693. The van der Waals surface area contributed by atoms with Crippen LogP contribution in [0.4, 0.5) is 0 Å². The van der Waals surface area contributed by atoms with Gasteiger partial charge in [0.25, 0.3) is 0 Å². The van der Waals surface area contributed by atoms with Crippen molar-refractivity contribution >= 4 is 14.3 Å². The Morgan fingerprint density at radius 1 is 1.32 bits per heavy atom. The van der Waals surface area contributed by atoms with Gasteiger partial charge in [-0.2, -0.15) is 0 Å². The van der Waals surface area contributed by atoms with Gasteiger partial charge in [0.2, 0.25) is 0 Å². The predicted octanol–water partition coefficient (Wildman–Crippen LogP) is 4.43. The van der Waals surface area contributed by atoms with Crippen LogP contribution in [0.2, 0.25) is 18.1 Å². The molecule has 1 heterocycles. The highest BCUT2D eigenvalue weighted by Gasteiger charge is 2.41. The van der Waals surface area contributed by atoms with Crippen LogP contribution in [0.15, 0.2) is 11.8 Å². The third-order valence-electron chi connectivity index (χ3n) is 5.09. The Bertz CT molecular complexity index is 467. The molecule has 0 aromatic heterocycles. The third-order valence-corrected chi connectivity index (χ3v) is 9.59. The van der Waals surface area contributed by atoms with Gasteiger partial charge >= 0.3 is 5.97 Å². The Morgan fingerprint density at radius 3 is 2.44 bits per heavy atom. The van der Waals surface area contributed by atoms with E-state index in [4.69, 9.17) is 18.6 Å². The first-order valence-electron chi connectivity index (χ1n) is 9.24. The van der Waals surface area contributed by atoms with Crippen LogP contribution in [-0.4, -0.2) is 46.3 Å². The topological polar surface area (TPSA) is 54.0 Å². The van der Waals surface area contributed by atoms with Crippen molar-refractivity contribution in [3.63, 3.8) is 0 Å². The van der Waals surface area contributed by atoms with Crippen LogP contribution in [0.25, 0.3) is 0 Å². The zero-order valence-corrected chi connectivity index (χ0v) is 18.2.